The van der Waals surface area contributed by atoms with Gasteiger partial charge in [-0.2, -0.15) is 9.97 Å². The summed E-state index contributed by atoms with van der Waals surface area (Å²) in [6, 6.07) is 13.0. The average molecular weight is 337 g/mol. The number of rotatable bonds is 5. The molecule has 0 amide bonds. The van der Waals surface area contributed by atoms with E-state index in [-0.39, 0.29) is 17.4 Å². The summed E-state index contributed by atoms with van der Waals surface area (Å²) in [6.07, 6.45) is 1.34. The molecule has 0 radical (unpaired) electrons. The number of ether oxygens (including phenoxy) is 3. The van der Waals surface area contributed by atoms with Gasteiger partial charge >= 0.3 is 0 Å². The molecule has 128 valence electrons. The molecule has 1 heterocycles. The van der Waals surface area contributed by atoms with Crippen molar-refractivity contribution in [3.8, 4) is 29.0 Å². The zero-order valence-electron chi connectivity index (χ0n) is 14.3. The van der Waals surface area contributed by atoms with Gasteiger partial charge in [0.05, 0.1) is 7.11 Å². The molecular formula is C19H19N3O3. The quantitative estimate of drug-likeness (QED) is 0.749. The molecule has 0 spiro atoms. The number of para-hydroxylation sites is 2. The van der Waals surface area contributed by atoms with Gasteiger partial charge in [0.25, 0.3) is 0 Å². The SMILES string of the molecule is COc1ccccc1Oc1ncnc(Oc2ccc(C)c(C)c2)c1N. The number of nitrogens with zero attached hydrogens (tertiary/aromatic N) is 2. The minimum atomic E-state index is 0.207. The van der Waals surface area contributed by atoms with E-state index in [2.05, 4.69) is 9.97 Å². The van der Waals surface area contributed by atoms with Crippen LogP contribution >= 0.6 is 0 Å². The normalized spacial score (nSPS) is 10.4. The van der Waals surface area contributed by atoms with Gasteiger partial charge in [0.15, 0.2) is 17.2 Å². The highest BCUT2D eigenvalue weighted by molar-refractivity contribution is 5.58. The van der Waals surface area contributed by atoms with Crippen LogP contribution in [0.25, 0.3) is 0 Å². The Hall–Kier alpha value is -3.28. The molecule has 2 N–H and O–H groups in total. The highest BCUT2D eigenvalue weighted by Crippen LogP contribution is 2.36. The van der Waals surface area contributed by atoms with Crippen LogP contribution in [0.3, 0.4) is 0 Å². The molecule has 3 aromatic rings. The van der Waals surface area contributed by atoms with Crippen LogP contribution in [-0.4, -0.2) is 17.1 Å². The molecule has 6 heteroatoms. The number of aryl methyl sites for hydroxylation is 2. The lowest BCUT2D eigenvalue weighted by Crippen LogP contribution is -2.01. The zero-order valence-corrected chi connectivity index (χ0v) is 14.3. The van der Waals surface area contributed by atoms with E-state index < -0.39 is 0 Å². The molecule has 0 unspecified atom stereocenters. The molecule has 3 rings (SSSR count). The smallest absolute Gasteiger partial charge is 0.250 e. The van der Waals surface area contributed by atoms with Crippen LogP contribution in [-0.2, 0) is 0 Å². The van der Waals surface area contributed by atoms with E-state index in [4.69, 9.17) is 19.9 Å². The fraction of sp³-hybridized carbons (Fsp3) is 0.158. The van der Waals surface area contributed by atoms with Gasteiger partial charge in [0, 0.05) is 0 Å². The summed E-state index contributed by atoms with van der Waals surface area (Å²) in [5.41, 5.74) is 8.64. The average Bonchev–Trinajstić information content (AvgIpc) is 2.62. The van der Waals surface area contributed by atoms with E-state index in [0.29, 0.717) is 17.2 Å². The van der Waals surface area contributed by atoms with Gasteiger partial charge in [-0.05, 0) is 49.2 Å². The number of hydrogen-bond donors (Lipinski definition) is 1. The van der Waals surface area contributed by atoms with Crippen LogP contribution < -0.4 is 19.9 Å². The van der Waals surface area contributed by atoms with Gasteiger partial charge in [-0.15, -0.1) is 0 Å². The fourth-order valence-corrected chi connectivity index (χ4v) is 2.22. The van der Waals surface area contributed by atoms with E-state index in [1.165, 1.54) is 11.9 Å². The molecule has 2 aromatic carbocycles. The third-order valence-corrected chi connectivity index (χ3v) is 3.78. The standard InChI is InChI=1S/C19H19N3O3/c1-12-8-9-14(10-13(12)2)24-18-17(20)19(22-11-21-18)25-16-7-5-4-6-15(16)23-3/h4-11H,20H2,1-3H3. The van der Waals surface area contributed by atoms with Crippen molar-refractivity contribution in [2.45, 2.75) is 13.8 Å². The highest BCUT2D eigenvalue weighted by Gasteiger charge is 2.14. The number of aromatic nitrogens is 2. The number of methoxy groups -OCH3 is 1. The highest BCUT2D eigenvalue weighted by atomic mass is 16.5. The second-order valence-electron chi connectivity index (χ2n) is 5.50. The van der Waals surface area contributed by atoms with Gasteiger partial charge in [-0.25, -0.2) is 0 Å². The van der Waals surface area contributed by atoms with Gasteiger partial charge in [-0.3, -0.25) is 0 Å². The first kappa shape index (κ1) is 16.6. The van der Waals surface area contributed by atoms with Crippen LogP contribution in [0.2, 0.25) is 0 Å². The summed E-state index contributed by atoms with van der Waals surface area (Å²) in [6.45, 7) is 4.05. The largest absolute Gasteiger partial charge is 0.493 e. The molecule has 0 bridgehead atoms. The lowest BCUT2D eigenvalue weighted by molar-refractivity contribution is 0.373. The third-order valence-electron chi connectivity index (χ3n) is 3.78. The lowest BCUT2D eigenvalue weighted by atomic mass is 10.1. The fourth-order valence-electron chi connectivity index (χ4n) is 2.22. The Balaban J connectivity index is 1.88. The van der Waals surface area contributed by atoms with Crippen LogP contribution in [0.15, 0.2) is 48.8 Å². The van der Waals surface area contributed by atoms with Crippen LogP contribution in [0.5, 0.6) is 29.0 Å². The molecule has 0 aliphatic rings. The molecule has 0 atom stereocenters. The Morgan fingerprint density at radius 1 is 0.840 bits per heavy atom. The maximum absolute atomic E-state index is 6.12. The predicted molar refractivity (Wildman–Crippen MR) is 95.5 cm³/mol. The summed E-state index contributed by atoms with van der Waals surface area (Å²) in [7, 11) is 1.57. The molecule has 0 aliphatic heterocycles. The van der Waals surface area contributed by atoms with Crippen molar-refractivity contribution in [1.29, 1.82) is 0 Å². The molecule has 1 aromatic heterocycles. The molecule has 25 heavy (non-hydrogen) atoms. The van der Waals surface area contributed by atoms with E-state index in [1.807, 2.05) is 44.2 Å². The van der Waals surface area contributed by atoms with Crippen LogP contribution in [0.4, 0.5) is 5.69 Å². The molecule has 6 nitrogen and oxygen atoms in total. The minimum Gasteiger partial charge on any atom is -0.493 e. The molecular weight excluding hydrogens is 318 g/mol. The second-order valence-corrected chi connectivity index (χ2v) is 5.50. The summed E-state index contributed by atoms with van der Waals surface area (Å²) in [5, 5.41) is 0. The van der Waals surface area contributed by atoms with Crippen molar-refractivity contribution < 1.29 is 14.2 Å². The van der Waals surface area contributed by atoms with Crippen molar-refractivity contribution in [3.63, 3.8) is 0 Å². The first-order valence-corrected chi connectivity index (χ1v) is 7.75. The van der Waals surface area contributed by atoms with Gasteiger partial charge in [0.1, 0.15) is 12.1 Å². The Morgan fingerprint density at radius 2 is 1.52 bits per heavy atom. The summed E-state index contributed by atoms with van der Waals surface area (Å²) in [5.74, 6) is 2.18. The van der Waals surface area contributed by atoms with Crippen molar-refractivity contribution in [2.75, 3.05) is 12.8 Å². The molecule has 0 aliphatic carbocycles. The van der Waals surface area contributed by atoms with Crippen LogP contribution in [0, 0.1) is 13.8 Å². The number of nitrogen functional groups attached to an aromatic ring is 1. The first-order valence-electron chi connectivity index (χ1n) is 7.75. The van der Waals surface area contributed by atoms with Gasteiger partial charge in [0.2, 0.25) is 11.8 Å². The number of anilines is 1. The Labute approximate surface area is 146 Å². The molecule has 0 fully saturated rings. The lowest BCUT2D eigenvalue weighted by Gasteiger charge is -2.13. The number of hydrogen-bond acceptors (Lipinski definition) is 6. The van der Waals surface area contributed by atoms with Crippen molar-refractivity contribution >= 4 is 5.69 Å². The maximum Gasteiger partial charge on any atom is 0.250 e. The minimum absolute atomic E-state index is 0.207. The topological polar surface area (TPSA) is 79.5 Å². The van der Waals surface area contributed by atoms with Crippen molar-refractivity contribution in [3.05, 3.63) is 59.9 Å². The number of nitrogens with two attached hydrogens (primary N) is 1. The van der Waals surface area contributed by atoms with Crippen molar-refractivity contribution in [2.24, 2.45) is 0 Å². The summed E-state index contributed by atoms with van der Waals surface area (Å²) >= 11 is 0. The first-order chi connectivity index (χ1) is 12.1. The second kappa shape index (κ2) is 7.09. The zero-order chi connectivity index (χ0) is 17.8. The summed E-state index contributed by atoms with van der Waals surface area (Å²) < 4.78 is 16.8. The van der Waals surface area contributed by atoms with Gasteiger partial charge in [-0.1, -0.05) is 18.2 Å². The van der Waals surface area contributed by atoms with Crippen LogP contribution in [0.1, 0.15) is 11.1 Å². The van der Waals surface area contributed by atoms with Crippen molar-refractivity contribution in [1.82, 2.24) is 9.97 Å². The summed E-state index contributed by atoms with van der Waals surface area (Å²) in [4.78, 5) is 8.19. The Kier molecular flexibility index (Phi) is 4.70. The Bertz CT molecular complexity index is 897. The monoisotopic (exact) mass is 337 g/mol. The van der Waals surface area contributed by atoms with E-state index in [1.54, 1.807) is 19.2 Å². The van der Waals surface area contributed by atoms with E-state index in [0.717, 1.165) is 5.56 Å². The van der Waals surface area contributed by atoms with E-state index >= 15 is 0 Å². The Morgan fingerprint density at radius 3 is 2.20 bits per heavy atom. The molecule has 0 saturated carbocycles. The third kappa shape index (κ3) is 3.63. The number of benzene rings is 2. The predicted octanol–water partition coefficient (Wildman–Crippen LogP) is 4.27. The molecule has 0 saturated heterocycles. The van der Waals surface area contributed by atoms with E-state index in [9.17, 15) is 0 Å². The van der Waals surface area contributed by atoms with Gasteiger partial charge < -0.3 is 19.9 Å². The maximum atomic E-state index is 6.12.